The molecule has 0 radical (unpaired) electrons. The molecule has 2 N–H and O–H groups in total. The van der Waals surface area contributed by atoms with Gasteiger partial charge in [-0.05, 0) is 61.4 Å². The summed E-state index contributed by atoms with van der Waals surface area (Å²) in [4.78, 5) is 11.0. The van der Waals surface area contributed by atoms with Gasteiger partial charge in [-0.15, -0.1) is 0 Å². The molecule has 1 aliphatic carbocycles. The van der Waals surface area contributed by atoms with E-state index in [0.29, 0.717) is 6.04 Å². The molecule has 0 bridgehead atoms. The van der Waals surface area contributed by atoms with E-state index in [0.717, 1.165) is 45.1 Å². The van der Waals surface area contributed by atoms with E-state index in [1.165, 1.54) is 25.7 Å². The van der Waals surface area contributed by atoms with E-state index in [-0.39, 0.29) is 0 Å². The van der Waals surface area contributed by atoms with E-state index in [1.807, 2.05) is 59.0 Å². The molecule has 1 fully saturated rings. The van der Waals surface area contributed by atoms with Crippen LogP contribution in [0.3, 0.4) is 0 Å². The van der Waals surface area contributed by atoms with Gasteiger partial charge in [0.1, 0.15) is 0 Å². The van der Waals surface area contributed by atoms with Gasteiger partial charge in [0.15, 0.2) is 0 Å². The Morgan fingerprint density at radius 1 is 1.17 bits per heavy atom. The van der Waals surface area contributed by atoms with Gasteiger partial charge < -0.3 is 10.6 Å². The highest BCUT2D eigenvalue weighted by atomic mass is 15.0. The highest BCUT2D eigenvalue weighted by Crippen LogP contribution is 2.27. The van der Waals surface area contributed by atoms with Crippen molar-refractivity contribution in [1.29, 1.82) is 0 Å². The lowest BCUT2D eigenvalue weighted by molar-refractivity contribution is 0.467. The molecular weight excluding hydrogens is 440 g/mol. The van der Waals surface area contributed by atoms with Crippen molar-refractivity contribution in [2.45, 2.75) is 66.3 Å². The third-order valence-corrected chi connectivity index (χ3v) is 6.33. The van der Waals surface area contributed by atoms with Crippen molar-refractivity contribution in [2.75, 3.05) is 21.1 Å². The number of pyridine rings is 1. The van der Waals surface area contributed by atoms with Crippen molar-refractivity contribution < 1.29 is 0 Å². The predicted molar refractivity (Wildman–Crippen MR) is 161 cm³/mol. The molecule has 36 heavy (non-hydrogen) atoms. The van der Waals surface area contributed by atoms with Gasteiger partial charge in [0.05, 0.1) is 5.69 Å². The zero-order chi connectivity index (χ0) is 27.1. The Morgan fingerprint density at radius 3 is 2.36 bits per heavy atom. The first-order valence-electron chi connectivity index (χ1n) is 13.3. The maximum atomic E-state index is 5.79. The van der Waals surface area contributed by atoms with Crippen LogP contribution < -0.4 is 5.73 Å². The fraction of sp³-hybridized carbons (Fsp3) is 0.438. The number of nitrogens with zero attached hydrogens (tertiary/aromatic N) is 3. The van der Waals surface area contributed by atoms with Crippen LogP contribution in [0.1, 0.15) is 70.2 Å². The minimum atomic E-state index is 0.528. The Bertz CT molecular complexity index is 1030. The number of aryl methyl sites for hydroxylation is 1. The summed E-state index contributed by atoms with van der Waals surface area (Å²) in [6.07, 6.45) is 13.1. The summed E-state index contributed by atoms with van der Waals surface area (Å²) < 4.78 is 0. The van der Waals surface area contributed by atoms with Gasteiger partial charge in [-0.3, -0.25) is 9.98 Å². The first-order chi connectivity index (χ1) is 17.3. The van der Waals surface area contributed by atoms with E-state index in [2.05, 4.69) is 67.2 Å². The number of aliphatic imine (C=N–C) groups is 1. The van der Waals surface area contributed by atoms with Gasteiger partial charge in [0, 0.05) is 56.4 Å². The number of aromatic nitrogens is 1. The maximum Gasteiger partial charge on any atom is 0.0705 e. The van der Waals surface area contributed by atoms with E-state index in [1.54, 1.807) is 7.05 Å². The van der Waals surface area contributed by atoms with Gasteiger partial charge in [0.25, 0.3) is 0 Å². The lowest BCUT2D eigenvalue weighted by atomic mass is 10.00. The number of hydrogen-bond acceptors (Lipinski definition) is 4. The van der Waals surface area contributed by atoms with Crippen LogP contribution in [-0.4, -0.2) is 43.3 Å². The number of hydrogen-bond donors (Lipinski definition) is 1. The summed E-state index contributed by atoms with van der Waals surface area (Å²) in [5.41, 5.74) is 13.2. The predicted octanol–water partition coefficient (Wildman–Crippen LogP) is 7.80. The molecular formula is C32H48N4. The average molecular weight is 489 g/mol. The molecule has 1 aliphatic rings. The van der Waals surface area contributed by atoms with Crippen molar-refractivity contribution in [3.05, 3.63) is 78.1 Å². The number of rotatable bonds is 7. The second-order valence-corrected chi connectivity index (χ2v) is 9.06. The number of allylic oxidation sites excluding steroid dienone is 4. The van der Waals surface area contributed by atoms with Crippen LogP contribution in [0, 0.1) is 12.8 Å². The second-order valence-electron chi connectivity index (χ2n) is 9.06. The summed E-state index contributed by atoms with van der Waals surface area (Å²) >= 11 is 0. The maximum absolute atomic E-state index is 5.79. The molecule has 1 aromatic carbocycles. The lowest BCUT2D eigenvalue weighted by Gasteiger charge is -2.12. The van der Waals surface area contributed by atoms with Crippen molar-refractivity contribution in [1.82, 2.24) is 9.88 Å². The Labute approximate surface area is 220 Å². The van der Waals surface area contributed by atoms with Crippen molar-refractivity contribution >= 4 is 17.4 Å². The molecule has 2 aromatic rings. The van der Waals surface area contributed by atoms with Crippen LogP contribution >= 0.6 is 0 Å². The van der Waals surface area contributed by atoms with E-state index < -0.39 is 0 Å². The van der Waals surface area contributed by atoms with Crippen LogP contribution in [0.5, 0.6) is 0 Å². The summed E-state index contributed by atoms with van der Waals surface area (Å²) in [6, 6.07) is 13.1. The van der Waals surface area contributed by atoms with Crippen LogP contribution in [0.2, 0.25) is 0 Å². The van der Waals surface area contributed by atoms with Gasteiger partial charge in [-0.25, -0.2) is 0 Å². The Kier molecular flexibility index (Phi) is 14.4. The molecule has 3 rings (SSSR count). The third kappa shape index (κ3) is 9.23. The molecule has 1 saturated carbocycles. The normalized spacial score (nSPS) is 17.7. The molecule has 0 saturated heterocycles. The molecule has 1 aromatic heterocycles. The molecule has 1 heterocycles. The van der Waals surface area contributed by atoms with Gasteiger partial charge in [-0.1, -0.05) is 76.6 Å². The second kappa shape index (κ2) is 16.6. The Morgan fingerprint density at radius 2 is 1.89 bits per heavy atom. The lowest BCUT2D eigenvalue weighted by Crippen LogP contribution is -2.23. The topological polar surface area (TPSA) is 54.5 Å². The van der Waals surface area contributed by atoms with E-state index in [4.69, 9.17) is 10.7 Å². The minimum absolute atomic E-state index is 0.528. The molecule has 0 amide bonds. The summed E-state index contributed by atoms with van der Waals surface area (Å²) in [5.74, 6) is 0.843. The van der Waals surface area contributed by atoms with Crippen molar-refractivity contribution in [2.24, 2.45) is 16.6 Å². The monoisotopic (exact) mass is 488 g/mol. The zero-order valence-electron chi connectivity index (χ0n) is 23.9. The standard InChI is InChI=1S/C23H27N3.C7H15N.C2H6/c1-7-18(15-24-4)22-12-13-23(25-17(22)3)21-11-9-10-20(14-21)19(8-2)16-26(5)6;1-2-6-4-3-5-7(6)8;1-2/h7-16H,2H2,1,3-6H3;6-7H,2-5,8H2,1H3;1-2H3/b18-7+,19-16+,24-15?;;. The van der Waals surface area contributed by atoms with E-state index >= 15 is 0 Å². The summed E-state index contributed by atoms with van der Waals surface area (Å²) in [6.45, 7) is 14.2. The molecule has 4 heteroatoms. The van der Waals surface area contributed by atoms with Gasteiger partial charge >= 0.3 is 0 Å². The smallest absolute Gasteiger partial charge is 0.0705 e. The van der Waals surface area contributed by atoms with Crippen molar-refractivity contribution in [3.8, 4) is 11.3 Å². The average Bonchev–Trinajstić information content (AvgIpc) is 3.32. The Hall–Kier alpha value is -2.98. The summed E-state index contributed by atoms with van der Waals surface area (Å²) in [7, 11) is 5.80. The molecule has 0 spiro atoms. The largest absolute Gasteiger partial charge is 0.383 e. The van der Waals surface area contributed by atoms with Gasteiger partial charge in [0.2, 0.25) is 0 Å². The van der Waals surface area contributed by atoms with Crippen molar-refractivity contribution in [3.63, 3.8) is 0 Å². The zero-order valence-corrected chi connectivity index (χ0v) is 23.9. The minimum Gasteiger partial charge on any atom is -0.383 e. The quantitative estimate of drug-likeness (QED) is 0.319. The SMILES string of the molecule is C=C/C(=C\N(C)C)c1cccc(-c2ccc(/C(C=NC)=C/C)c(C)n2)c1.CC.CCC1CCCC1N. The number of benzene rings is 1. The van der Waals surface area contributed by atoms with Crippen LogP contribution in [-0.2, 0) is 0 Å². The fourth-order valence-electron chi connectivity index (χ4n) is 4.42. The first kappa shape index (κ1) is 31.1. The van der Waals surface area contributed by atoms with E-state index in [9.17, 15) is 0 Å². The van der Waals surface area contributed by atoms with Crippen LogP contribution in [0.15, 0.2) is 66.3 Å². The first-order valence-corrected chi connectivity index (χ1v) is 13.3. The number of nitrogens with two attached hydrogens (primary N) is 1. The highest BCUT2D eigenvalue weighted by molar-refractivity contribution is 6.10. The molecule has 2 unspecified atom stereocenters. The molecule has 0 aliphatic heterocycles. The Balaban J connectivity index is 0.000000543. The third-order valence-electron chi connectivity index (χ3n) is 6.33. The molecule has 4 nitrogen and oxygen atoms in total. The van der Waals surface area contributed by atoms with Crippen LogP contribution in [0.25, 0.3) is 22.4 Å². The molecule has 2 atom stereocenters. The van der Waals surface area contributed by atoms with Crippen LogP contribution in [0.4, 0.5) is 0 Å². The highest BCUT2D eigenvalue weighted by Gasteiger charge is 2.21. The molecule has 196 valence electrons. The van der Waals surface area contributed by atoms with Gasteiger partial charge in [-0.2, -0.15) is 0 Å². The summed E-state index contributed by atoms with van der Waals surface area (Å²) in [5, 5.41) is 0. The fourth-order valence-corrected chi connectivity index (χ4v) is 4.42.